The van der Waals surface area contributed by atoms with Gasteiger partial charge < -0.3 is 11.1 Å². The minimum absolute atomic E-state index is 0.0472. The number of hydrogen-bond donors (Lipinski definition) is 2. The molecule has 0 saturated heterocycles. The number of amides is 1. The van der Waals surface area contributed by atoms with Crippen LogP contribution >= 0.6 is 0 Å². The summed E-state index contributed by atoms with van der Waals surface area (Å²) in [5, 5.41) is 1.12. The summed E-state index contributed by atoms with van der Waals surface area (Å²) in [5.41, 5.74) is 5.64. The highest BCUT2D eigenvalue weighted by Crippen LogP contribution is 2.19. The number of pyridine rings is 1. The Balaban J connectivity index is 2.95. The minimum atomic E-state index is -3.86. The molecule has 106 valence electrons. The molecule has 1 heterocycles. The van der Waals surface area contributed by atoms with Gasteiger partial charge in [-0.2, -0.15) is 0 Å². The maximum absolute atomic E-state index is 12.2. The molecule has 1 aromatic rings. The Morgan fingerprint density at radius 1 is 1.42 bits per heavy atom. The van der Waals surface area contributed by atoms with E-state index in [-0.39, 0.29) is 16.6 Å². The summed E-state index contributed by atoms with van der Waals surface area (Å²) in [7, 11) is -3.86. The van der Waals surface area contributed by atoms with Gasteiger partial charge >= 0.3 is 0 Å². The van der Waals surface area contributed by atoms with Gasteiger partial charge in [-0.3, -0.25) is 4.79 Å². The van der Waals surface area contributed by atoms with Crippen molar-refractivity contribution in [2.24, 2.45) is 5.92 Å². The molecule has 19 heavy (non-hydrogen) atoms. The number of rotatable bonds is 5. The number of hydrogen-bond acceptors (Lipinski definition) is 5. The molecule has 3 N–H and O–H groups in total. The number of nitrogen functional groups attached to an aromatic ring is 1. The first-order chi connectivity index (χ1) is 8.76. The van der Waals surface area contributed by atoms with E-state index in [1.807, 2.05) is 13.8 Å². The maximum atomic E-state index is 12.2. The van der Waals surface area contributed by atoms with Crippen molar-refractivity contribution in [3.63, 3.8) is 0 Å². The van der Waals surface area contributed by atoms with Gasteiger partial charge in [0.1, 0.15) is 5.25 Å². The first-order valence-corrected chi connectivity index (χ1v) is 7.53. The second-order valence-electron chi connectivity index (χ2n) is 4.72. The molecule has 0 aliphatic rings. The summed E-state index contributed by atoms with van der Waals surface area (Å²) in [6.45, 7) is 5.61. The van der Waals surface area contributed by atoms with Gasteiger partial charge in [0.25, 0.3) is 0 Å². The fourth-order valence-corrected chi connectivity index (χ4v) is 2.70. The predicted molar refractivity (Wildman–Crippen MR) is 73.1 cm³/mol. The quantitative estimate of drug-likeness (QED) is 0.824. The monoisotopic (exact) mass is 285 g/mol. The number of nitrogens with one attached hydrogen (secondary N) is 1. The highest BCUT2D eigenvalue weighted by molar-refractivity contribution is 7.92. The Morgan fingerprint density at radius 2 is 2.05 bits per heavy atom. The standard InChI is InChI=1S/C12H19N3O3S/c1-8(2)7-15-11(16)9(3)19(17,18)12-10(13)5-4-6-14-12/h4-6,8-9H,7,13H2,1-3H3,(H,15,16). The number of aromatic nitrogens is 1. The lowest BCUT2D eigenvalue weighted by Gasteiger charge is -2.14. The van der Waals surface area contributed by atoms with Crippen LogP contribution in [0, 0.1) is 5.92 Å². The summed E-state index contributed by atoms with van der Waals surface area (Å²) >= 11 is 0. The van der Waals surface area contributed by atoms with Gasteiger partial charge in [0.15, 0.2) is 5.03 Å². The molecule has 0 aromatic carbocycles. The van der Waals surface area contributed by atoms with E-state index in [9.17, 15) is 13.2 Å². The van der Waals surface area contributed by atoms with Crippen molar-refractivity contribution in [3.05, 3.63) is 18.3 Å². The highest BCUT2D eigenvalue weighted by Gasteiger charge is 2.32. The lowest BCUT2D eigenvalue weighted by Crippen LogP contribution is -2.39. The second kappa shape index (κ2) is 6.01. The largest absolute Gasteiger partial charge is 0.396 e. The van der Waals surface area contributed by atoms with E-state index in [2.05, 4.69) is 10.3 Å². The smallest absolute Gasteiger partial charge is 0.238 e. The summed E-state index contributed by atoms with van der Waals surface area (Å²) in [5.74, 6) is -0.294. The molecule has 0 spiro atoms. The number of carbonyl (C=O) groups is 1. The number of nitrogens with two attached hydrogens (primary N) is 1. The third-order valence-electron chi connectivity index (χ3n) is 2.59. The van der Waals surface area contributed by atoms with Gasteiger partial charge in [-0.05, 0) is 25.0 Å². The van der Waals surface area contributed by atoms with Crippen LogP contribution in [0.1, 0.15) is 20.8 Å². The van der Waals surface area contributed by atoms with Crippen LogP contribution in [-0.4, -0.2) is 31.1 Å². The summed E-state index contributed by atoms with van der Waals surface area (Å²) in [4.78, 5) is 15.6. The fourth-order valence-electron chi connectivity index (χ4n) is 1.40. The first kappa shape index (κ1) is 15.4. The van der Waals surface area contributed by atoms with Crippen molar-refractivity contribution in [1.29, 1.82) is 0 Å². The Morgan fingerprint density at radius 3 is 2.58 bits per heavy atom. The van der Waals surface area contributed by atoms with Crippen LogP contribution in [0.25, 0.3) is 0 Å². The molecule has 0 radical (unpaired) electrons. The SMILES string of the molecule is CC(C)CNC(=O)C(C)S(=O)(=O)c1ncccc1N. The van der Waals surface area contributed by atoms with Gasteiger partial charge in [-0.25, -0.2) is 13.4 Å². The average Bonchev–Trinajstić information content (AvgIpc) is 2.35. The predicted octanol–water partition coefficient (Wildman–Crippen LogP) is 0.598. The first-order valence-electron chi connectivity index (χ1n) is 5.99. The van der Waals surface area contributed by atoms with Crippen molar-refractivity contribution in [2.45, 2.75) is 31.0 Å². The average molecular weight is 285 g/mol. The van der Waals surface area contributed by atoms with E-state index in [1.165, 1.54) is 25.3 Å². The zero-order valence-electron chi connectivity index (χ0n) is 11.3. The van der Waals surface area contributed by atoms with Crippen LogP contribution in [0.5, 0.6) is 0 Å². The maximum Gasteiger partial charge on any atom is 0.238 e. The zero-order chi connectivity index (χ0) is 14.6. The normalized spacial score (nSPS) is 13.3. The fraction of sp³-hybridized carbons (Fsp3) is 0.500. The highest BCUT2D eigenvalue weighted by atomic mass is 32.2. The van der Waals surface area contributed by atoms with Crippen molar-refractivity contribution in [1.82, 2.24) is 10.3 Å². The Bertz CT molecular complexity index is 555. The molecule has 1 atom stereocenters. The van der Waals surface area contributed by atoms with Gasteiger partial charge in [0.05, 0.1) is 5.69 Å². The number of sulfone groups is 1. The second-order valence-corrected chi connectivity index (χ2v) is 6.91. The van der Waals surface area contributed by atoms with Crippen molar-refractivity contribution < 1.29 is 13.2 Å². The third kappa shape index (κ3) is 3.66. The van der Waals surface area contributed by atoms with Crippen molar-refractivity contribution in [2.75, 3.05) is 12.3 Å². The topological polar surface area (TPSA) is 102 Å². The third-order valence-corrected chi connectivity index (χ3v) is 4.61. The van der Waals surface area contributed by atoms with Gasteiger partial charge in [0.2, 0.25) is 15.7 Å². The Kier molecular flexibility index (Phi) is 4.88. The van der Waals surface area contributed by atoms with Crippen LogP contribution < -0.4 is 11.1 Å². The molecule has 7 heteroatoms. The molecular formula is C12H19N3O3S. The lowest BCUT2D eigenvalue weighted by molar-refractivity contribution is -0.120. The van der Waals surface area contributed by atoms with Gasteiger partial charge in [0, 0.05) is 12.7 Å². The van der Waals surface area contributed by atoms with Gasteiger partial charge in [-0.1, -0.05) is 13.8 Å². The van der Waals surface area contributed by atoms with E-state index in [0.29, 0.717) is 6.54 Å². The number of nitrogens with zero attached hydrogens (tertiary/aromatic N) is 1. The van der Waals surface area contributed by atoms with E-state index in [4.69, 9.17) is 5.73 Å². The Labute approximate surface area is 113 Å². The molecule has 1 amide bonds. The van der Waals surface area contributed by atoms with Crippen LogP contribution in [0.4, 0.5) is 5.69 Å². The Hall–Kier alpha value is -1.63. The van der Waals surface area contributed by atoms with Crippen LogP contribution in [-0.2, 0) is 14.6 Å². The van der Waals surface area contributed by atoms with Gasteiger partial charge in [-0.15, -0.1) is 0 Å². The molecule has 0 bridgehead atoms. The lowest BCUT2D eigenvalue weighted by atomic mass is 10.2. The molecule has 0 fully saturated rings. The van der Waals surface area contributed by atoms with E-state index >= 15 is 0 Å². The molecule has 0 saturated carbocycles. The van der Waals surface area contributed by atoms with Crippen LogP contribution in [0.15, 0.2) is 23.4 Å². The molecule has 0 aliphatic heterocycles. The summed E-state index contributed by atoms with van der Waals surface area (Å²) in [6, 6.07) is 2.98. The summed E-state index contributed by atoms with van der Waals surface area (Å²) in [6.07, 6.45) is 1.34. The molecule has 0 aliphatic carbocycles. The van der Waals surface area contributed by atoms with Crippen molar-refractivity contribution >= 4 is 21.4 Å². The molecular weight excluding hydrogens is 266 g/mol. The number of anilines is 1. The molecule has 1 rings (SSSR count). The summed E-state index contributed by atoms with van der Waals surface area (Å²) < 4.78 is 24.5. The number of carbonyl (C=O) groups excluding carboxylic acids is 1. The van der Waals surface area contributed by atoms with Crippen LogP contribution in [0.2, 0.25) is 0 Å². The van der Waals surface area contributed by atoms with E-state index < -0.39 is 21.0 Å². The molecule has 1 unspecified atom stereocenters. The minimum Gasteiger partial charge on any atom is -0.396 e. The molecule has 1 aromatic heterocycles. The van der Waals surface area contributed by atoms with Crippen LogP contribution in [0.3, 0.4) is 0 Å². The van der Waals surface area contributed by atoms with E-state index in [0.717, 1.165) is 0 Å². The zero-order valence-corrected chi connectivity index (χ0v) is 12.1. The van der Waals surface area contributed by atoms with E-state index in [1.54, 1.807) is 0 Å². The van der Waals surface area contributed by atoms with Crippen molar-refractivity contribution in [3.8, 4) is 0 Å². The molecule has 6 nitrogen and oxygen atoms in total.